The zero-order chi connectivity index (χ0) is 14.8. The number of carbonyl (C=O) groups excluding carboxylic acids is 1. The van der Waals surface area contributed by atoms with Crippen molar-refractivity contribution in [1.29, 1.82) is 0 Å². The Morgan fingerprint density at radius 1 is 1.05 bits per heavy atom. The summed E-state index contributed by atoms with van der Waals surface area (Å²) in [5.41, 5.74) is 11.6. The molecule has 116 valence electrons. The summed E-state index contributed by atoms with van der Waals surface area (Å²) >= 11 is 0. The van der Waals surface area contributed by atoms with Crippen molar-refractivity contribution >= 4 is 29.7 Å². The Hall–Kier alpha value is -2.00. The van der Waals surface area contributed by atoms with Gasteiger partial charge in [0, 0.05) is 16.9 Å². The number of hydrogen-bond acceptors (Lipinski definition) is 2. The average molecular weight is 317 g/mol. The van der Waals surface area contributed by atoms with E-state index in [4.69, 9.17) is 5.73 Å². The van der Waals surface area contributed by atoms with Gasteiger partial charge in [0.15, 0.2) is 0 Å². The summed E-state index contributed by atoms with van der Waals surface area (Å²) in [6, 6.07) is 11.6. The molecule has 0 spiro atoms. The molecule has 2 aromatic carbocycles. The molecule has 0 heterocycles. The van der Waals surface area contributed by atoms with E-state index >= 15 is 0 Å². The van der Waals surface area contributed by atoms with Crippen molar-refractivity contribution in [2.45, 2.75) is 32.6 Å². The first kappa shape index (κ1) is 16.4. The molecule has 1 amide bonds. The number of halogens is 1. The highest BCUT2D eigenvalue weighted by molar-refractivity contribution is 6.05. The maximum Gasteiger partial charge on any atom is 0.255 e. The minimum absolute atomic E-state index is 0. The van der Waals surface area contributed by atoms with Crippen molar-refractivity contribution in [3.05, 3.63) is 58.7 Å². The number of nitrogen functional groups attached to an aromatic ring is 1. The highest BCUT2D eigenvalue weighted by Gasteiger charge is 2.13. The summed E-state index contributed by atoms with van der Waals surface area (Å²) in [5.74, 6) is -0.0722. The van der Waals surface area contributed by atoms with Crippen molar-refractivity contribution in [2.24, 2.45) is 0 Å². The van der Waals surface area contributed by atoms with Crippen LogP contribution >= 0.6 is 12.4 Å². The lowest BCUT2D eigenvalue weighted by Crippen LogP contribution is -2.14. The summed E-state index contributed by atoms with van der Waals surface area (Å²) in [7, 11) is 0. The molecule has 22 heavy (non-hydrogen) atoms. The van der Waals surface area contributed by atoms with E-state index in [1.807, 2.05) is 31.2 Å². The van der Waals surface area contributed by atoms with E-state index in [0.717, 1.165) is 29.7 Å². The fraction of sp³-hybridized carbons (Fsp3) is 0.278. The molecule has 0 radical (unpaired) electrons. The summed E-state index contributed by atoms with van der Waals surface area (Å²) in [4.78, 5) is 12.4. The van der Waals surface area contributed by atoms with E-state index < -0.39 is 0 Å². The standard InChI is InChI=1S/C18H20N2O.ClH/c1-12-6-9-16(19)11-17(12)20-18(21)15-8-7-13-4-2-3-5-14(13)10-15;/h6-11H,2-5,19H2,1H3,(H,20,21);1H. The molecule has 2 aromatic rings. The van der Waals surface area contributed by atoms with Crippen molar-refractivity contribution in [2.75, 3.05) is 11.1 Å². The van der Waals surface area contributed by atoms with Gasteiger partial charge >= 0.3 is 0 Å². The van der Waals surface area contributed by atoms with Gasteiger partial charge in [-0.15, -0.1) is 12.4 Å². The lowest BCUT2D eigenvalue weighted by atomic mass is 9.90. The third-order valence-electron chi connectivity index (χ3n) is 4.12. The number of anilines is 2. The van der Waals surface area contributed by atoms with Crippen LogP contribution in [-0.4, -0.2) is 5.91 Å². The van der Waals surface area contributed by atoms with E-state index in [-0.39, 0.29) is 18.3 Å². The van der Waals surface area contributed by atoms with Gasteiger partial charge in [-0.05, 0) is 73.6 Å². The normalized spacial score (nSPS) is 13.0. The van der Waals surface area contributed by atoms with E-state index in [0.29, 0.717) is 5.69 Å². The average Bonchev–Trinajstić information content (AvgIpc) is 2.50. The monoisotopic (exact) mass is 316 g/mol. The van der Waals surface area contributed by atoms with Crippen LogP contribution < -0.4 is 11.1 Å². The Bertz CT molecular complexity index is 697. The van der Waals surface area contributed by atoms with Gasteiger partial charge in [-0.2, -0.15) is 0 Å². The number of hydrogen-bond donors (Lipinski definition) is 2. The van der Waals surface area contributed by atoms with Crippen molar-refractivity contribution < 1.29 is 4.79 Å². The Labute approximate surface area is 137 Å². The predicted molar refractivity (Wildman–Crippen MR) is 93.9 cm³/mol. The summed E-state index contributed by atoms with van der Waals surface area (Å²) in [6.07, 6.45) is 4.67. The van der Waals surface area contributed by atoms with Crippen LogP contribution in [0.1, 0.15) is 39.9 Å². The third kappa shape index (κ3) is 3.42. The second kappa shape index (κ2) is 6.84. The largest absolute Gasteiger partial charge is 0.399 e. The number of nitrogens with one attached hydrogen (secondary N) is 1. The van der Waals surface area contributed by atoms with Gasteiger partial charge in [0.2, 0.25) is 0 Å². The van der Waals surface area contributed by atoms with Gasteiger partial charge in [0.05, 0.1) is 0 Å². The minimum atomic E-state index is -0.0722. The number of nitrogens with two attached hydrogens (primary N) is 1. The summed E-state index contributed by atoms with van der Waals surface area (Å²) < 4.78 is 0. The molecule has 0 fully saturated rings. The quantitative estimate of drug-likeness (QED) is 0.818. The molecule has 0 bridgehead atoms. The van der Waals surface area contributed by atoms with Crippen LogP contribution in [0.15, 0.2) is 36.4 Å². The minimum Gasteiger partial charge on any atom is -0.399 e. The molecule has 4 heteroatoms. The SMILES string of the molecule is Cc1ccc(N)cc1NC(=O)c1ccc2c(c1)CCCC2.Cl. The van der Waals surface area contributed by atoms with Gasteiger partial charge in [-0.1, -0.05) is 12.1 Å². The van der Waals surface area contributed by atoms with Crippen molar-refractivity contribution in [3.8, 4) is 0 Å². The molecule has 1 aliphatic carbocycles. The molecule has 0 saturated heterocycles. The Morgan fingerprint density at radius 2 is 1.77 bits per heavy atom. The molecule has 0 unspecified atom stereocenters. The maximum atomic E-state index is 12.4. The van der Waals surface area contributed by atoms with Gasteiger partial charge in [0.25, 0.3) is 5.91 Å². The number of fused-ring (bicyclic) bond motifs is 1. The highest BCUT2D eigenvalue weighted by atomic mass is 35.5. The van der Waals surface area contributed by atoms with E-state index in [9.17, 15) is 4.79 Å². The lowest BCUT2D eigenvalue weighted by molar-refractivity contribution is 0.102. The first-order valence-electron chi connectivity index (χ1n) is 7.43. The van der Waals surface area contributed by atoms with Gasteiger partial charge < -0.3 is 11.1 Å². The molecule has 0 aliphatic heterocycles. The van der Waals surface area contributed by atoms with Gasteiger partial charge in [0.1, 0.15) is 0 Å². The van der Waals surface area contributed by atoms with E-state index in [1.165, 1.54) is 24.0 Å². The van der Waals surface area contributed by atoms with Crippen LogP contribution in [0.2, 0.25) is 0 Å². The first-order chi connectivity index (χ1) is 10.1. The smallest absolute Gasteiger partial charge is 0.255 e. The van der Waals surface area contributed by atoms with Crippen LogP contribution in [0.25, 0.3) is 0 Å². The molecule has 3 nitrogen and oxygen atoms in total. The fourth-order valence-corrected chi connectivity index (χ4v) is 2.84. The maximum absolute atomic E-state index is 12.4. The topological polar surface area (TPSA) is 55.1 Å². The lowest BCUT2D eigenvalue weighted by Gasteiger charge is -2.16. The van der Waals surface area contributed by atoms with Crippen LogP contribution in [0, 0.1) is 6.92 Å². The molecule has 3 N–H and O–H groups in total. The number of amides is 1. The zero-order valence-corrected chi connectivity index (χ0v) is 13.5. The molecule has 1 aliphatic rings. The Kier molecular flexibility index (Phi) is 5.09. The fourth-order valence-electron chi connectivity index (χ4n) is 2.84. The molecule has 0 saturated carbocycles. The van der Waals surface area contributed by atoms with Gasteiger partial charge in [-0.3, -0.25) is 4.79 Å². The predicted octanol–water partition coefficient (Wildman–Crippen LogP) is 4.13. The second-order valence-electron chi connectivity index (χ2n) is 5.72. The highest BCUT2D eigenvalue weighted by Crippen LogP contribution is 2.23. The molecule has 0 atom stereocenters. The molecule has 0 aromatic heterocycles. The zero-order valence-electron chi connectivity index (χ0n) is 12.7. The van der Waals surface area contributed by atoms with Crippen LogP contribution in [0.5, 0.6) is 0 Å². The third-order valence-corrected chi connectivity index (χ3v) is 4.12. The molecular formula is C18H21ClN2O. The Balaban J connectivity index is 0.00000176. The first-order valence-corrected chi connectivity index (χ1v) is 7.43. The summed E-state index contributed by atoms with van der Waals surface area (Å²) in [5, 5.41) is 2.96. The second-order valence-corrected chi connectivity index (χ2v) is 5.72. The van der Waals surface area contributed by atoms with Crippen molar-refractivity contribution in [3.63, 3.8) is 0 Å². The molecular weight excluding hydrogens is 296 g/mol. The number of benzene rings is 2. The number of rotatable bonds is 2. The van der Waals surface area contributed by atoms with Gasteiger partial charge in [-0.25, -0.2) is 0 Å². The number of carbonyl (C=O) groups is 1. The van der Waals surface area contributed by atoms with Crippen LogP contribution in [-0.2, 0) is 12.8 Å². The van der Waals surface area contributed by atoms with E-state index in [1.54, 1.807) is 6.07 Å². The Morgan fingerprint density at radius 3 is 2.55 bits per heavy atom. The van der Waals surface area contributed by atoms with Crippen LogP contribution in [0.4, 0.5) is 11.4 Å². The van der Waals surface area contributed by atoms with Crippen LogP contribution in [0.3, 0.4) is 0 Å². The summed E-state index contributed by atoms with van der Waals surface area (Å²) in [6.45, 7) is 1.96. The van der Waals surface area contributed by atoms with E-state index in [2.05, 4.69) is 11.4 Å². The van der Waals surface area contributed by atoms with Crippen molar-refractivity contribution in [1.82, 2.24) is 0 Å². The number of aryl methyl sites for hydroxylation is 3. The molecule has 3 rings (SSSR count).